The molecule has 0 saturated heterocycles. The predicted octanol–water partition coefficient (Wildman–Crippen LogP) is 2.61. The van der Waals surface area contributed by atoms with E-state index in [9.17, 15) is 0 Å². The highest BCUT2D eigenvalue weighted by molar-refractivity contribution is 6.36. The Morgan fingerprint density at radius 1 is 1.00 bits per heavy atom. The first-order valence-corrected chi connectivity index (χ1v) is 8.50. The van der Waals surface area contributed by atoms with Gasteiger partial charge in [-0.25, -0.2) is 0 Å². The lowest BCUT2D eigenvalue weighted by Gasteiger charge is -2.16. The Morgan fingerprint density at radius 2 is 1.59 bits per heavy atom. The summed E-state index contributed by atoms with van der Waals surface area (Å²) in [5, 5.41) is 0. The third kappa shape index (κ3) is 6.48. The zero-order valence-corrected chi connectivity index (χ0v) is 14.5. The predicted molar refractivity (Wildman–Crippen MR) is 85.8 cm³/mol. The molecular weight excluding hydrogens is 302 g/mol. The first-order chi connectivity index (χ1) is 10.7. The van der Waals surface area contributed by atoms with Gasteiger partial charge in [0.15, 0.2) is 5.75 Å². The lowest BCUT2D eigenvalue weighted by molar-refractivity contribution is 0.107. The molecule has 0 aliphatic carbocycles. The Bertz CT molecular complexity index is 441. The van der Waals surface area contributed by atoms with E-state index in [-0.39, 0.29) is 0 Å². The van der Waals surface area contributed by atoms with Gasteiger partial charge in [0.2, 0.25) is 5.88 Å². The quantitative estimate of drug-likeness (QED) is 0.777. The fourth-order valence-corrected chi connectivity index (χ4v) is 2.50. The SMILES string of the molecule is CCO[Si](OCC)OCC.COC1=Cc2ccccc2ON1. The van der Waals surface area contributed by atoms with Gasteiger partial charge in [0.1, 0.15) is 0 Å². The van der Waals surface area contributed by atoms with Crippen molar-refractivity contribution in [1.82, 2.24) is 5.48 Å². The van der Waals surface area contributed by atoms with Crippen LogP contribution in [0.1, 0.15) is 26.3 Å². The van der Waals surface area contributed by atoms with Gasteiger partial charge in [-0.05, 0) is 26.8 Å². The van der Waals surface area contributed by atoms with Gasteiger partial charge in [0.25, 0.3) is 0 Å². The van der Waals surface area contributed by atoms with E-state index in [2.05, 4.69) is 5.48 Å². The minimum atomic E-state index is -1.40. The van der Waals surface area contributed by atoms with Crippen LogP contribution >= 0.6 is 0 Å². The maximum absolute atomic E-state index is 5.18. The van der Waals surface area contributed by atoms with Gasteiger partial charge in [-0.3, -0.25) is 0 Å². The number of hydroxylamine groups is 1. The van der Waals surface area contributed by atoms with Gasteiger partial charge < -0.3 is 22.9 Å². The number of nitrogens with one attached hydrogen (secondary N) is 1. The molecule has 0 fully saturated rings. The molecular formula is C15H24NO5Si. The van der Waals surface area contributed by atoms with Crippen LogP contribution in [0.3, 0.4) is 0 Å². The number of rotatable bonds is 7. The second kappa shape index (κ2) is 11.1. The van der Waals surface area contributed by atoms with Gasteiger partial charge >= 0.3 is 9.53 Å². The van der Waals surface area contributed by atoms with Crippen LogP contribution < -0.4 is 10.3 Å². The molecule has 22 heavy (non-hydrogen) atoms. The fraction of sp³-hybridized carbons (Fsp3) is 0.467. The highest BCUT2D eigenvalue weighted by Gasteiger charge is 2.15. The second-order valence-corrected chi connectivity index (χ2v) is 5.37. The van der Waals surface area contributed by atoms with Crippen LogP contribution in [-0.2, 0) is 18.0 Å². The highest BCUT2D eigenvalue weighted by Crippen LogP contribution is 2.23. The van der Waals surface area contributed by atoms with Gasteiger partial charge in [-0.1, -0.05) is 18.2 Å². The number of methoxy groups -OCH3 is 1. The standard InChI is InChI=1S/C9H9NO2.C6H15O3Si/c1-11-9-6-7-4-2-3-5-8(7)12-10-9;1-4-7-10(8-5-2)9-6-3/h2-6,10H,1H3;4-6H2,1-3H3. The summed E-state index contributed by atoms with van der Waals surface area (Å²) < 4.78 is 20.5. The molecule has 1 aliphatic heterocycles. The Labute approximate surface area is 133 Å². The van der Waals surface area contributed by atoms with E-state index in [1.54, 1.807) is 7.11 Å². The molecule has 0 saturated carbocycles. The van der Waals surface area contributed by atoms with Crippen molar-refractivity contribution in [2.45, 2.75) is 20.8 Å². The summed E-state index contributed by atoms with van der Waals surface area (Å²) in [6.45, 7) is 7.78. The van der Waals surface area contributed by atoms with E-state index in [0.717, 1.165) is 11.3 Å². The number of para-hydroxylation sites is 1. The second-order valence-electron chi connectivity index (χ2n) is 4.00. The van der Waals surface area contributed by atoms with E-state index in [0.29, 0.717) is 25.7 Å². The summed E-state index contributed by atoms with van der Waals surface area (Å²) in [7, 11) is 0.196. The number of fused-ring (bicyclic) bond motifs is 1. The average Bonchev–Trinajstić information content (AvgIpc) is 2.56. The molecule has 1 heterocycles. The van der Waals surface area contributed by atoms with Crippen LogP contribution in [0.2, 0.25) is 0 Å². The van der Waals surface area contributed by atoms with Crippen molar-refractivity contribution < 1.29 is 22.9 Å². The van der Waals surface area contributed by atoms with Crippen LogP contribution in [0.25, 0.3) is 6.08 Å². The zero-order chi connectivity index (χ0) is 16.2. The molecule has 1 radical (unpaired) electrons. The minimum absolute atomic E-state index is 0.619. The molecule has 0 bridgehead atoms. The lowest BCUT2D eigenvalue weighted by atomic mass is 10.2. The average molecular weight is 326 g/mol. The first-order valence-electron chi connectivity index (χ1n) is 7.28. The zero-order valence-electron chi connectivity index (χ0n) is 13.5. The maximum Gasteiger partial charge on any atom is 0.577 e. The van der Waals surface area contributed by atoms with Gasteiger partial charge in [0.05, 0.1) is 7.11 Å². The van der Waals surface area contributed by atoms with Crippen LogP contribution in [0.4, 0.5) is 0 Å². The molecule has 0 unspecified atom stereocenters. The molecule has 1 aromatic carbocycles. The molecule has 1 N–H and O–H groups in total. The van der Waals surface area contributed by atoms with Crippen molar-refractivity contribution in [3.8, 4) is 5.75 Å². The topological polar surface area (TPSA) is 58.2 Å². The Morgan fingerprint density at radius 3 is 2.14 bits per heavy atom. The summed E-state index contributed by atoms with van der Waals surface area (Å²) in [4.78, 5) is 5.18. The summed E-state index contributed by atoms with van der Waals surface area (Å²) >= 11 is 0. The molecule has 6 nitrogen and oxygen atoms in total. The van der Waals surface area contributed by atoms with E-state index in [1.165, 1.54) is 0 Å². The summed E-state index contributed by atoms with van der Waals surface area (Å²) in [6, 6.07) is 7.74. The molecule has 0 spiro atoms. The first kappa shape index (κ1) is 18.5. The highest BCUT2D eigenvalue weighted by atomic mass is 28.3. The molecule has 0 amide bonds. The van der Waals surface area contributed by atoms with Crippen molar-refractivity contribution in [3.05, 3.63) is 35.7 Å². The van der Waals surface area contributed by atoms with E-state index in [1.807, 2.05) is 51.1 Å². The minimum Gasteiger partial charge on any atom is -0.481 e. The van der Waals surface area contributed by atoms with E-state index in [4.69, 9.17) is 22.9 Å². The summed E-state index contributed by atoms with van der Waals surface area (Å²) in [6.07, 6.45) is 1.89. The number of hydrogen-bond acceptors (Lipinski definition) is 6. The van der Waals surface area contributed by atoms with E-state index < -0.39 is 9.53 Å². The van der Waals surface area contributed by atoms with Crippen molar-refractivity contribution >= 4 is 15.6 Å². The Hall–Kier alpha value is -1.54. The molecule has 1 aliphatic rings. The van der Waals surface area contributed by atoms with E-state index >= 15 is 0 Å². The number of benzene rings is 1. The maximum atomic E-state index is 5.18. The monoisotopic (exact) mass is 326 g/mol. The molecule has 123 valence electrons. The third-order valence-corrected chi connectivity index (χ3v) is 4.05. The van der Waals surface area contributed by atoms with Crippen LogP contribution in [0.5, 0.6) is 5.75 Å². The number of ether oxygens (including phenoxy) is 1. The smallest absolute Gasteiger partial charge is 0.481 e. The largest absolute Gasteiger partial charge is 0.577 e. The van der Waals surface area contributed by atoms with Gasteiger partial charge in [-0.2, -0.15) is 5.48 Å². The third-order valence-electron chi connectivity index (χ3n) is 2.47. The summed E-state index contributed by atoms with van der Waals surface area (Å²) in [5.74, 6) is 1.44. The number of hydrogen-bond donors (Lipinski definition) is 1. The van der Waals surface area contributed by atoms with Crippen LogP contribution in [0, 0.1) is 0 Å². The molecule has 1 aromatic rings. The van der Waals surface area contributed by atoms with Crippen LogP contribution in [-0.4, -0.2) is 36.5 Å². The molecule has 0 atom stereocenters. The Balaban J connectivity index is 0.000000225. The molecule has 2 rings (SSSR count). The van der Waals surface area contributed by atoms with Crippen molar-refractivity contribution in [2.24, 2.45) is 0 Å². The van der Waals surface area contributed by atoms with Crippen molar-refractivity contribution in [3.63, 3.8) is 0 Å². The van der Waals surface area contributed by atoms with Crippen LogP contribution in [0.15, 0.2) is 30.1 Å². The normalized spacial score (nSPS) is 12.3. The van der Waals surface area contributed by atoms with Gasteiger partial charge in [-0.15, -0.1) is 0 Å². The Kier molecular flexibility index (Phi) is 9.32. The fourth-order valence-electron chi connectivity index (χ4n) is 1.55. The molecule has 0 aromatic heterocycles. The van der Waals surface area contributed by atoms with Crippen molar-refractivity contribution in [2.75, 3.05) is 26.9 Å². The molecule has 7 heteroatoms. The lowest BCUT2D eigenvalue weighted by Crippen LogP contribution is -2.27. The van der Waals surface area contributed by atoms with Gasteiger partial charge in [0, 0.05) is 31.5 Å². The summed E-state index contributed by atoms with van der Waals surface area (Å²) in [5.41, 5.74) is 3.69. The van der Waals surface area contributed by atoms with Crippen molar-refractivity contribution in [1.29, 1.82) is 0 Å².